The molecule has 2 nitrogen and oxygen atoms in total. The molecule has 0 aromatic heterocycles. The van der Waals surface area contributed by atoms with E-state index in [4.69, 9.17) is 0 Å². The maximum absolute atomic E-state index is 11.6. The van der Waals surface area contributed by atoms with Crippen LogP contribution in [0.5, 0.6) is 0 Å². The van der Waals surface area contributed by atoms with Gasteiger partial charge in [0.1, 0.15) is 5.94 Å². The smallest absolute Gasteiger partial charge is 0.200 e. The summed E-state index contributed by atoms with van der Waals surface area (Å²) in [5, 5.41) is 0. The fourth-order valence-corrected chi connectivity index (χ4v) is 1.09. The molecule has 0 saturated carbocycles. The predicted octanol–water partition coefficient (Wildman–Crippen LogP) is 2.20. The van der Waals surface area contributed by atoms with E-state index in [-0.39, 0.29) is 17.8 Å². The fourth-order valence-electron chi connectivity index (χ4n) is 1.09. The van der Waals surface area contributed by atoms with Crippen molar-refractivity contribution in [3.05, 3.63) is 54.1 Å². The van der Waals surface area contributed by atoms with E-state index in [1.807, 2.05) is 6.07 Å². The van der Waals surface area contributed by atoms with Crippen LogP contribution in [-0.4, -0.2) is 11.7 Å². The molecule has 1 aromatic rings. The molecular weight excluding hydrogens is 176 g/mol. The first kappa shape index (κ1) is 10.2. The predicted molar refractivity (Wildman–Crippen MR) is 54.8 cm³/mol. The lowest BCUT2D eigenvalue weighted by Crippen LogP contribution is -2.03. The molecule has 0 radical (unpaired) electrons. The molecule has 70 valence electrons. The van der Waals surface area contributed by atoms with E-state index in [1.54, 1.807) is 30.2 Å². The van der Waals surface area contributed by atoms with Gasteiger partial charge < -0.3 is 0 Å². The molecule has 0 aliphatic carbocycles. The first-order valence-corrected chi connectivity index (χ1v) is 4.24. The first-order chi connectivity index (χ1) is 6.79. The van der Waals surface area contributed by atoms with Gasteiger partial charge in [-0.2, -0.15) is 0 Å². The minimum absolute atomic E-state index is 0.117. The Labute approximate surface area is 82.6 Å². The van der Waals surface area contributed by atoms with E-state index in [2.05, 4.69) is 6.58 Å². The van der Waals surface area contributed by atoms with Gasteiger partial charge in [-0.25, -0.2) is 4.79 Å². The van der Waals surface area contributed by atoms with Crippen molar-refractivity contribution < 1.29 is 9.59 Å². The molecule has 1 rings (SSSR count). The average molecular weight is 186 g/mol. The minimum atomic E-state index is -0.277. The zero-order chi connectivity index (χ0) is 10.4. The second-order valence-electron chi connectivity index (χ2n) is 2.77. The van der Waals surface area contributed by atoms with Gasteiger partial charge in [-0.05, 0) is 0 Å². The van der Waals surface area contributed by atoms with E-state index in [0.717, 1.165) is 0 Å². The molecule has 0 atom stereocenters. The number of carbonyl (C=O) groups is 1. The van der Waals surface area contributed by atoms with Gasteiger partial charge in [0.2, 0.25) is 0 Å². The highest BCUT2D eigenvalue weighted by atomic mass is 16.1. The highest BCUT2D eigenvalue weighted by molar-refractivity contribution is 6.13. The van der Waals surface area contributed by atoms with Gasteiger partial charge in [-0.15, -0.1) is 6.58 Å². The molecule has 0 saturated heterocycles. The summed E-state index contributed by atoms with van der Waals surface area (Å²) in [6.45, 7) is 3.47. The molecule has 0 bridgehead atoms. The molecule has 2 heteroatoms. The van der Waals surface area contributed by atoms with Crippen LogP contribution in [0, 0.1) is 0 Å². The zero-order valence-corrected chi connectivity index (χ0v) is 7.69. The van der Waals surface area contributed by atoms with Crippen LogP contribution in [0.3, 0.4) is 0 Å². The lowest BCUT2D eigenvalue weighted by molar-refractivity contribution is 0.103. The zero-order valence-electron chi connectivity index (χ0n) is 7.69. The summed E-state index contributed by atoms with van der Waals surface area (Å²) >= 11 is 0. The van der Waals surface area contributed by atoms with Crippen LogP contribution in [0.4, 0.5) is 0 Å². The average Bonchev–Trinajstić information content (AvgIpc) is 2.26. The van der Waals surface area contributed by atoms with Gasteiger partial charge in [-0.3, -0.25) is 4.79 Å². The Morgan fingerprint density at radius 3 is 2.50 bits per heavy atom. The Bertz CT molecular complexity index is 384. The third-order valence-electron chi connectivity index (χ3n) is 1.78. The topological polar surface area (TPSA) is 34.1 Å². The van der Waals surface area contributed by atoms with Crippen LogP contribution < -0.4 is 0 Å². The van der Waals surface area contributed by atoms with E-state index < -0.39 is 0 Å². The Balaban J connectivity index is 2.96. The van der Waals surface area contributed by atoms with Gasteiger partial charge >= 0.3 is 0 Å². The van der Waals surface area contributed by atoms with Crippen LogP contribution in [0.25, 0.3) is 0 Å². The number of hydrogen-bond acceptors (Lipinski definition) is 2. The summed E-state index contributed by atoms with van der Waals surface area (Å²) in [5.74, 6) is 1.37. The number of Topliss-reactive ketones (excluding diaryl/α,β-unsaturated/α-hetero) is 1. The number of rotatable bonds is 4. The van der Waals surface area contributed by atoms with Crippen molar-refractivity contribution in [3.8, 4) is 0 Å². The normalized spacial score (nSPS) is 8.86. The molecule has 1 aromatic carbocycles. The molecule has 0 heterocycles. The van der Waals surface area contributed by atoms with Crippen molar-refractivity contribution in [3.63, 3.8) is 0 Å². The number of hydrogen-bond donors (Lipinski definition) is 0. The third kappa shape index (κ3) is 2.28. The van der Waals surface area contributed by atoms with Crippen LogP contribution in [0.1, 0.15) is 16.8 Å². The largest absolute Gasteiger partial charge is 0.288 e. The fraction of sp³-hybridized carbons (Fsp3) is 0.0833. The SMILES string of the molecule is C=CCC(=C=O)C(=O)c1ccccc1. The van der Waals surface area contributed by atoms with Crippen molar-refractivity contribution in [1.29, 1.82) is 0 Å². The Morgan fingerprint density at radius 1 is 1.36 bits per heavy atom. The molecule has 0 aliphatic rings. The highest BCUT2D eigenvalue weighted by Crippen LogP contribution is 2.08. The molecule has 0 spiro atoms. The molecule has 0 unspecified atom stereocenters. The maximum atomic E-state index is 11.6. The van der Waals surface area contributed by atoms with Crippen molar-refractivity contribution in [2.75, 3.05) is 0 Å². The summed E-state index contributed by atoms with van der Waals surface area (Å²) in [4.78, 5) is 22.1. The van der Waals surface area contributed by atoms with Gasteiger partial charge in [0.25, 0.3) is 0 Å². The third-order valence-corrected chi connectivity index (χ3v) is 1.78. The lowest BCUT2D eigenvalue weighted by atomic mass is 10.0. The van der Waals surface area contributed by atoms with Crippen LogP contribution in [0.2, 0.25) is 0 Å². The molecule has 0 N–H and O–H groups in total. The molecule has 14 heavy (non-hydrogen) atoms. The van der Waals surface area contributed by atoms with E-state index in [9.17, 15) is 9.59 Å². The Kier molecular flexibility index (Phi) is 3.59. The Morgan fingerprint density at radius 2 is 2.00 bits per heavy atom. The lowest BCUT2D eigenvalue weighted by Gasteiger charge is -1.98. The molecule has 0 aliphatic heterocycles. The van der Waals surface area contributed by atoms with Gasteiger partial charge in [-0.1, -0.05) is 36.4 Å². The first-order valence-electron chi connectivity index (χ1n) is 4.24. The quantitative estimate of drug-likeness (QED) is 0.312. The van der Waals surface area contributed by atoms with Gasteiger partial charge in [0.05, 0.1) is 5.57 Å². The molecule has 0 fully saturated rings. The summed E-state index contributed by atoms with van der Waals surface area (Å²) in [6.07, 6.45) is 1.78. The summed E-state index contributed by atoms with van der Waals surface area (Å²) < 4.78 is 0. The number of ketones is 1. The van der Waals surface area contributed by atoms with E-state index >= 15 is 0 Å². The van der Waals surface area contributed by atoms with Gasteiger partial charge in [0, 0.05) is 12.0 Å². The second kappa shape index (κ2) is 4.95. The standard InChI is InChI=1S/C12H10O2/c1-2-6-11(9-13)12(14)10-7-4-3-5-8-10/h2-5,7-8H,1,6H2. The summed E-state index contributed by atoms with van der Waals surface area (Å²) in [7, 11) is 0. The van der Waals surface area contributed by atoms with Crippen molar-refractivity contribution in [1.82, 2.24) is 0 Å². The molecular formula is C12H10O2. The highest BCUT2D eigenvalue weighted by Gasteiger charge is 2.10. The second-order valence-corrected chi connectivity index (χ2v) is 2.77. The molecule has 0 amide bonds. The van der Waals surface area contributed by atoms with Crippen LogP contribution in [0.15, 0.2) is 48.6 Å². The summed E-state index contributed by atoms with van der Waals surface area (Å²) in [6, 6.07) is 8.66. The van der Waals surface area contributed by atoms with Crippen molar-refractivity contribution in [2.45, 2.75) is 6.42 Å². The number of allylic oxidation sites excluding steroid dienone is 2. The van der Waals surface area contributed by atoms with E-state index in [0.29, 0.717) is 5.56 Å². The Hall–Kier alpha value is -1.92. The van der Waals surface area contributed by atoms with Crippen molar-refractivity contribution in [2.24, 2.45) is 0 Å². The number of carbonyl (C=O) groups excluding carboxylic acids is 2. The number of benzene rings is 1. The minimum Gasteiger partial charge on any atom is -0.288 e. The summed E-state index contributed by atoms with van der Waals surface area (Å²) in [5.41, 5.74) is 0.624. The van der Waals surface area contributed by atoms with E-state index in [1.165, 1.54) is 6.08 Å². The van der Waals surface area contributed by atoms with Crippen LogP contribution >= 0.6 is 0 Å². The van der Waals surface area contributed by atoms with Crippen molar-refractivity contribution >= 4 is 11.7 Å². The van der Waals surface area contributed by atoms with Crippen LogP contribution in [-0.2, 0) is 4.79 Å². The monoisotopic (exact) mass is 186 g/mol. The van der Waals surface area contributed by atoms with Gasteiger partial charge in [0.15, 0.2) is 5.78 Å². The maximum Gasteiger partial charge on any atom is 0.200 e.